The minimum Gasteiger partial charge on any atom is -0.337 e. The predicted molar refractivity (Wildman–Crippen MR) is 98.9 cm³/mol. The van der Waals surface area contributed by atoms with Gasteiger partial charge in [0.2, 0.25) is 0 Å². The highest BCUT2D eigenvalue weighted by Crippen LogP contribution is 2.50. The van der Waals surface area contributed by atoms with Crippen molar-refractivity contribution in [3.05, 3.63) is 89.2 Å². The Balaban J connectivity index is 1.83. The van der Waals surface area contributed by atoms with Gasteiger partial charge in [0.15, 0.2) is 0 Å². The highest BCUT2D eigenvalue weighted by atomic mass is 79.9. The SMILES string of the molecule is CC1(n2cccc2)C(=O)N(c2ccc(Br)cc2)C1c1ccccc1. The van der Waals surface area contributed by atoms with E-state index in [1.807, 2.05) is 83.4 Å². The first kappa shape index (κ1) is 15.2. The van der Waals surface area contributed by atoms with Gasteiger partial charge in [-0.1, -0.05) is 46.3 Å². The summed E-state index contributed by atoms with van der Waals surface area (Å²) in [6.07, 6.45) is 3.93. The summed E-state index contributed by atoms with van der Waals surface area (Å²) < 4.78 is 3.02. The van der Waals surface area contributed by atoms with Gasteiger partial charge in [-0.2, -0.15) is 0 Å². The Morgan fingerprint density at radius 1 is 0.917 bits per heavy atom. The Morgan fingerprint density at radius 3 is 2.17 bits per heavy atom. The quantitative estimate of drug-likeness (QED) is 0.601. The number of carbonyl (C=O) groups excluding carboxylic acids is 1. The molecule has 1 fully saturated rings. The number of anilines is 1. The third-order valence-electron chi connectivity index (χ3n) is 4.80. The molecule has 2 aromatic carbocycles. The molecule has 4 heteroatoms. The standard InChI is InChI=1S/C20H17BrN2O/c1-20(22-13-5-6-14-22)18(15-7-3-2-4-8-15)23(19(20)24)17-11-9-16(21)10-12-17/h2-14,18H,1H3. The molecule has 0 bridgehead atoms. The molecule has 0 aliphatic carbocycles. The number of nitrogens with zero attached hydrogens (tertiary/aromatic N) is 2. The van der Waals surface area contributed by atoms with E-state index in [4.69, 9.17) is 0 Å². The van der Waals surface area contributed by atoms with E-state index in [0.717, 1.165) is 15.7 Å². The second-order valence-corrected chi connectivity index (χ2v) is 7.12. The summed E-state index contributed by atoms with van der Waals surface area (Å²) in [5.41, 5.74) is 1.44. The minimum absolute atomic E-state index is 0.0419. The predicted octanol–water partition coefficient (Wildman–Crippen LogP) is 4.75. The lowest BCUT2D eigenvalue weighted by molar-refractivity contribution is -0.137. The summed E-state index contributed by atoms with van der Waals surface area (Å²) in [7, 11) is 0. The van der Waals surface area contributed by atoms with Crippen LogP contribution in [0.1, 0.15) is 18.5 Å². The zero-order chi connectivity index (χ0) is 16.7. The zero-order valence-corrected chi connectivity index (χ0v) is 14.8. The monoisotopic (exact) mass is 380 g/mol. The van der Waals surface area contributed by atoms with Crippen LogP contribution in [0.5, 0.6) is 0 Å². The highest BCUT2D eigenvalue weighted by molar-refractivity contribution is 9.10. The van der Waals surface area contributed by atoms with Gasteiger partial charge in [-0.25, -0.2) is 0 Å². The van der Waals surface area contributed by atoms with Crippen LogP contribution in [0.4, 0.5) is 5.69 Å². The van der Waals surface area contributed by atoms with E-state index in [9.17, 15) is 4.79 Å². The van der Waals surface area contributed by atoms with Crippen LogP contribution >= 0.6 is 15.9 Å². The number of aromatic nitrogens is 1. The Morgan fingerprint density at radius 2 is 1.54 bits per heavy atom. The van der Waals surface area contributed by atoms with Crippen LogP contribution in [0.25, 0.3) is 0 Å². The second-order valence-electron chi connectivity index (χ2n) is 6.20. The maximum Gasteiger partial charge on any atom is 0.256 e. The molecular weight excluding hydrogens is 364 g/mol. The number of halogens is 1. The summed E-state index contributed by atoms with van der Waals surface area (Å²) >= 11 is 3.46. The van der Waals surface area contributed by atoms with Crippen LogP contribution in [0, 0.1) is 0 Å². The molecule has 0 spiro atoms. The molecule has 1 saturated heterocycles. The fourth-order valence-electron chi connectivity index (χ4n) is 3.54. The second kappa shape index (κ2) is 5.64. The first-order valence-electron chi connectivity index (χ1n) is 7.90. The maximum absolute atomic E-state index is 13.1. The fraction of sp³-hybridized carbons (Fsp3) is 0.150. The van der Waals surface area contributed by atoms with Crippen LogP contribution < -0.4 is 4.90 Å². The van der Waals surface area contributed by atoms with Gasteiger partial charge >= 0.3 is 0 Å². The van der Waals surface area contributed by atoms with E-state index < -0.39 is 5.54 Å². The van der Waals surface area contributed by atoms with Crippen molar-refractivity contribution in [3.8, 4) is 0 Å². The van der Waals surface area contributed by atoms with E-state index in [2.05, 4.69) is 28.1 Å². The lowest BCUT2D eigenvalue weighted by atomic mass is 9.75. The molecule has 1 aliphatic rings. The number of rotatable bonds is 3. The number of carbonyl (C=O) groups is 1. The molecule has 24 heavy (non-hydrogen) atoms. The van der Waals surface area contributed by atoms with Crippen LogP contribution in [0.2, 0.25) is 0 Å². The first-order chi connectivity index (χ1) is 11.6. The fourth-order valence-corrected chi connectivity index (χ4v) is 3.80. The van der Waals surface area contributed by atoms with Crippen molar-refractivity contribution < 1.29 is 4.79 Å². The van der Waals surface area contributed by atoms with Gasteiger partial charge < -0.3 is 4.57 Å². The largest absolute Gasteiger partial charge is 0.337 e. The number of benzene rings is 2. The van der Waals surface area contributed by atoms with Gasteiger partial charge in [0.25, 0.3) is 5.91 Å². The average Bonchev–Trinajstić information content (AvgIpc) is 3.15. The molecule has 0 N–H and O–H groups in total. The number of hydrogen-bond donors (Lipinski definition) is 0. The lowest BCUT2D eigenvalue weighted by Crippen LogP contribution is -2.67. The Bertz CT molecular complexity index is 858. The maximum atomic E-state index is 13.1. The van der Waals surface area contributed by atoms with E-state index >= 15 is 0 Å². The van der Waals surface area contributed by atoms with Gasteiger partial charge in [-0.05, 0) is 48.9 Å². The summed E-state index contributed by atoms with van der Waals surface area (Å²) in [4.78, 5) is 15.0. The van der Waals surface area contributed by atoms with Crippen LogP contribution in [-0.4, -0.2) is 10.5 Å². The normalized spacial score (nSPS) is 23.2. The van der Waals surface area contributed by atoms with Crippen molar-refractivity contribution in [3.63, 3.8) is 0 Å². The molecule has 3 nitrogen and oxygen atoms in total. The minimum atomic E-state index is -0.613. The van der Waals surface area contributed by atoms with E-state index in [1.54, 1.807) is 0 Å². The zero-order valence-electron chi connectivity index (χ0n) is 13.3. The molecular formula is C20H17BrN2O. The number of β-lactam (4-membered cyclic amide) rings is 1. The van der Waals surface area contributed by atoms with Gasteiger partial charge in [0, 0.05) is 22.6 Å². The Kier molecular flexibility index (Phi) is 3.57. The molecule has 2 heterocycles. The van der Waals surface area contributed by atoms with E-state index in [1.165, 1.54) is 0 Å². The molecule has 0 saturated carbocycles. The molecule has 2 unspecified atom stereocenters. The van der Waals surface area contributed by atoms with Crippen molar-refractivity contribution in [2.75, 3.05) is 4.90 Å². The summed E-state index contributed by atoms with van der Waals surface area (Å²) in [5.74, 6) is 0.106. The third-order valence-corrected chi connectivity index (χ3v) is 5.33. The molecule has 120 valence electrons. The van der Waals surface area contributed by atoms with Gasteiger partial charge in [-0.15, -0.1) is 0 Å². The van der Waals surface area contributed by atoms with E-state index in [-0.39, 0.29) is 11.9 Å². The van der Waals surface area contributed by atoms with Crippen molar-refractivity contribution >= 4 is 27.5 Å². The number of hydrogen-bond acceptors (Lipinski definition) is 1. The summed E-state index contributed by atoms with van der Waals surface area (Å²) in [5, 5.41) is 0. The molecule has 1 amide bonds. The average molecular weight is 381 g/mol. The lowest BCUT2D eigenvalue weighted by Gasteiger charge is -2.55. The van der Waals surface area contributed by atoms with Gasteiger partial charge in [0.05, 0.1) is 6.04 Å². The molecule has 2 atom stereocenters. The highest BCUT2D eigenvalue weighted by Gasteiger charge is 2.59. The first-order valence-corrected chi connectivity index (χ1v) is 8.69. The summed E-state index contributed by atoms with van der Waals surface area (Å²) in [6.45, 7) is 2.02. The molecule has 4 rings (SSSR count). The van der Waals surface area contributed by atoms with Crippen molar-refractivity contribution in [1.82, 2.24) is 4.57 Å². The Hall–Kier alpha value is -2.33. The topological polar surface area (TPSA) is 25.2 Å². The molecule has 1 aliphatic heterocycles. The molecule has 1 aromatic heterocycles. The van der Waals surface area contributed by atoms with Crippen molar-refractivity contribution in [2.45, 2.75) is 18.5 Å². The molecule has 0 radical (unpaired) electrons. The third kappa shape index (κ3) is 2.13. The van der Waals surface area contributed by atoms with Gasteiger partial charge in [-0.3, -0.25) is 9.69 Å². The molecule has 3 aromatic rings. The Labute approximate surface area is 149 Å². The van der Waals surface area contributed by atoms with Crippen molar-refractivity contribution in [1.29, 1.82) is 0 Å². The van der Waals surface area contributed by atoms with Crippen LogP contribution in [0.15, 0.2) is 83.6 Å². The smallest absolute Gasteiger partial charge is 0.256 e. The summed E-state index contributed by atoms with van der Waals surface area (Å²) in [6, 6.07) is 22.0. The van der Waals surface area contributed by atoms with Crippen LogP contribution in [-0.2, 0) is 10.3 Å². The van der Waals surface area contributed by atoms with Gasteiger partial charge in [0.1, 0.15) is 5.54 Å². The number of amides is 1. The van der Waals surface area contributed by atoms with E-state index in [0.29, 0.717) is 0 Å². The van der Waals surface area contributed by atoms with Crippen LogP contribution in [0.3, 0.4) is 0 Å². The van der Waals surface area contributed by atoms with Crippen molar-refractivity contribution in [2.24, 2.45) is 0 Å².